The Kier molecular flexibility index (Phi) is 14.1. The molecule has 0 saturated heterocycles. The van der Waals surface area contributed by atoms with Crippen LogP contribution in [0.4, 0.5) is 26.3 Å². The zero-order valence-electron chi connectivity index (χ0n) is 21.8. The van der Waals surface area contributed by atoms with Crippen LogP contribution >= 0.6 is 0 Å². The van der Waals surface area contributed by atoms with Gasteiger partial charge in [0.05, 0.1) is 6.42 Å². The third kappa shape index (κ3) is 14.3. The predicted molar refractivity (Wildman–Crippen MR) is 133 cm³/mol. The van der Waals surface area contributed by atoms with Crippen molar-refractivity contribution in [1.82, 2.24) is 10.6 Å². The lowest BCUT2D eigenvalue weighted by Crippen LogP contribution is -2.41. The fraction of sp³-hybridized carbons (Fsp3) is 0.577. The molecule has 2 aliphatic rings. The van der Waals surface area contributed by atoms with E-state index in [1.165, 1.54) is 24.8 Å². The van der Waals surface area contributed by atoms with E-state index in [9.17, 15) is 31.1 Å². The molecule has 3 rings (SSSR count). The minimum absolute atomic E-state index is 0.218. The highest BCUT2D eigenvalue weighted by Gasteiger charge is 2.41. The molecule has 226 valence electrons. The van der Waals surface area contributed by atoms with Gasteiger partial charge < -0.3 is 26.0 Å². The summed E-state index contributed by atoms with van der Waals surface area (Å²) in [5.74, 6) is -5.53. The molecule has 8 nitrogen and oxygen atoms in total. The van der Waals surface area contributed by atoms with Crippen molar-refractivity contribution in [3.8, 4) is 0 Å². The number of carboxylic acid groups (broad SMARTS) is 3. The summed E-state index contributed by atoms with van der Waals surface area (Å²) in [4.78, 5) is 28.4. The van der Waals surface area contributed by atoms with Crippen molar-refractivity contribution in [2.24, 2.45) is 5.92 Å². The number of hydrogen-bond donors (Lipinski definition) is 5. The maximum Gasteiger partial charge on any atom is 0.490 e. The SMILES string of the molecule is CC/C(=C\c1ccccc1)C1CC1N[C@H]1CC[C@@H](NCCC(=O)O)CC1.O=C(O)C(F)(F)F.O=C(O)C(F)(F)F. The van der Waals surface area contributed by atoms with Crippen LogP contribution in [-0.4, -0.2) is 70.3 Å². The Morgan fingerprint density at radius 3 is 1.77 bits per heavy atom. The van der Waals surface area contributed by atoms with Gasteiger partial charge in [0.15, 0.2) is 0 Å². The molecule has 0 heterocycles. The lowest BCUT2D eigenvalue weighted by Gasteiger charge is -2.30. The highest BCUT2D eigenvalue weighted by molar-refractivity contribution is 5.73. The largest absolute Gasteiger partial charge is 0.490 e. The van der Waals surface area contributed by atoms with Crippen molar-refractivity contribution in [2.75, 3.05) is 6.54 Å². The van der Waals surface area contributed by atoms with Gasteiger partial charge in [-0.2, -0.15) is 26.3 Å². The second kappa shape index (κ2) is 16.2. The molecule has 0 amide bonds. The van der Waals surface area contributed by atoms with Crippen molar-refractivity contribution in [1.29, 1.82) is 0 Å². The normalized spacial score (nSPS) is 22.6. The van der Waals surface area contributed by atoms with Gasteiger partial charge in [0, 0.05) is 24.7 Å². The first-order valence-corrected chi connectivity index (χ1v) is 12.6. The monoisotopic (exact) mass is 584 g/mol. The third-order valence-corrected chi connectivity index (χ3v) is 6.26. The van der Waals surface area contributed by atoms with E-state index in [1.807, 2.05) is 0 Å². The number of nitrogens with one attached hydrogen (secondary N) is 2. The van der Waals surface area contributed by atoms with E-state index in [2.05, 4.69) is 54.0 Å². The minimum Gasteiger partial charge on any atom is -0.481 e. The topological polar surface area (TPSA) is 136 Å². The third-order valence-electron chi connectivity index (χ3n) is 6.26. The van der Waals surface area contributed by atoms with E-state index >= 15 is 0 Å². The molecule has 0 radical (unpaired) electrons. The highest BCUT2D eigenvalue weighted by atomic mass is 19.4. The van der Waals surface area contributed by atoms with Crippen LogP contribution in [0, 0.1) is 5.92 Å². The molecule has 2 fully saturated rings. The summed E-state index contributed by atoms with van der Waals surface area (Å²) in [5.41, 5.74) is 2.88. The van der Waals surface area contributed by atoms with E-state index < -0.39 is 30.3 Å². The van der Waals surface area contributed by atoms with E-state index in [0.717, 1.165) is 19.3 Å². The average Bonchev–Trinajstić information content (AvgIpc) is 3.62. The number of aliphatic carboxylic acids is 3. The van der Waals surface area contributed by atoms with E-state index in [0.29, 0.717) is 30.6 Å². The summed E-state index contributed by atoms with van der Waals surface area (Å²) in [7, 11) is 0. The number of carbonyl (C=O) groups is 3. The maximum atomic E-state index is 10.6. The van der Waals surface area contributed by atoms with E-state index in [-0.39, 0.29) is 6.42 Å². The van der Waals surface area contributed by atoms with Gasteiger partial charge in [0.25, 0.3) is 0 Å². The summed E-state index contributed by atoms with van der Waals surface area (Å²) in [6.07, 6.45) is -0.508. The average molecular weight is 585 g/mol. The second-order valence-corrected chi connectivity index (χ2v) is 9.35. The molecule has 2 saturated carbocycles. The first-order chi connectivity index (χ1) is 18.5. The highest BCUT2D eigenvalue weighted by Crippen LogP contribution is 2.40. The van der Waals surface area contributed by atoms with Crippen molar-refractivity contribution in [3.05, 3.63) is 41.5 Å². The fourth-order valence-electron chi connectivity index (χ4n) is 4.17. The van der Waals surface area contributed by atoms with Gasteiger partial charge in [-0.15, -0.1) is 0 Å². The zero-order valence-corrected chi connectivity index (χ0v) is 21.8. The minimum atomic E-state index is -5.08. The molecule has 0 aromatic heterocycles. The van der Waals surface area contributed by atoms with Crippen LogP contribution in [0.1, 0.15) is 57.4 Å². The standard InChI is InChI=1S/C22H32N2O2.2C2HF3O2/c1-2-17(14-16-6-4-3-5-7-16)20-15-21(20)24-19-10-8-18(9-11-19)23-13-12-22(25)26;2*3-2(4,5)1(6)7/h3-7,14,18-21,23-24H,2,8-13,15H2,1H3,(H,25,26);2*(H,6,7)/b17-14+;;/t18-,19+,20?,21?;;. The molecular formula is C26H34F6N2O6. The van der Waals surface area contributed by atoms with Crippen molar-refractivity contribution in [2.45, 2.75) is 82.3 Å². The van der Waals surface area contributed by atoms with Gasteiger partial charge in [-0.05, 0) is 50.0 Å². The quantitative estimate of drug-likeness (QED) is 0.253. The van der Waals surface area contributed by atoms with Crippen LogP contribution in [0.5, 0.6) is 0 Å². The summed E-state index contributed by atoms with van der Waals surface area (Å²) >= 11 is 0. The van der Waals surface area contributed by atoms with Crippen LogP contribution in [0.2, 0.25) is 0 Å². The molecule has 1 aromatic carbocycles. The molecule has 14 heteroatoms. The Morgan fingerprint density at radius 2 is 1.35 bits per heavy atom. The number of benzene rings is 1. The van der Waals surface area contributed by atoms with Crippen molar-refractivity contribution >= 4 is 24.0 Å². The molecule has 2 atom stereocenters. The zero-order chi connectivity index (χ0) is 30.5. The van der Waals surface area contributed by atoms with Gasteiger partial charge in [-0.1, -0.05) is 48.9 Å². The van der Waals surface area contributed by atoms with Crippen LogP contribution in [-0.2, 0) is 14.4 Å². The van der Waals surface area contributed by atoms with E-state index in [4.69, 9.17) is 24.9 Å². The molecule has 1 aromatic rings. The first kappa shape index (κ1) is 34.9. The van der Waals surface area contributed by atoms with Gasteiger partial charge >= 0.3 is 30.3 Å². The molecule has 0 aliphatic heterocycles. The molecule has 2 unspecified atom stereocenters. The Hall–Kier alpha value is -3.13. The lowest BCUT2D eigenvalue weighted by atomic mass is 9.91. The molecule has 2 aliphatic carbocycles. The molecule has 40 heavy (non-hydrogen) atoms. The Morgan fingerprint density at radius 1 is 0.875 bits per heavy atom. The Bertz CT molecular complexity index is 952. The molecular weight excluding hydrogens is 550 g/mol. The summed E-state index contributed by atoms with van der Waals surface area (Å²) in [6, 6.07) is 12.4. The Labute approximate surface area is 227 Å². The van der Waals surface area contributed by atoms with Crippen molar-refractivity contribution in [3.63, 3.8) is 0 Å². The summed E-state index contributed by atoms with van der Waals surface area (Å²) in [5, 5.41) is 30.2. The molecule has 0 spiro atoms. The number of carboxylic acids is 3. The number of rotatable bonds is 9. The van der Waals surface area contributed by atoms with Gasteiger partial charge in [0.2, 0.25) is 0 Å². The first-order valence-electron chi connectivity index (χ1n) is 12.6. The number of halogens is 6. The molecule has 0 bridgehead atoms. The maximum absolute atomic E-state index is 10.6. The summed E-state index contributed by atoms with van der Waals surface area (Å²) in [6.45, 7) is 2.85. The Balaban J connectivity index is 0.000000473. The summed E-state index contributed by atoms with van der Waals surface area (Å²) < 4.78 is 63.5. The van der Waals surface area contributed by atoms with Gasteiger partial charge in [-0.3, -0.25) is 4.79 Å². The number of alkyl halides is 6. The smallest absolute Gasteiger partial charge is 0.481 e. The second-order valence-electron chi connectivity index (χ2n) is 9.35. The van der Waals surface area contributed by atoms with Gasteiger partial charge in [-0.25, -0.2) is 9.59 Å². The van der Waals surface area contributed by atoms with E-state index in [1.54, 1.807) is 5.57 Å². The lowest BCUT2D eigenvalue weighted by molar-refractivity contribution is -0.193. The van der Waals surface area contributed by atoms with Crippen LogP contribution in [0.25, 0.3) is 6.08 Å². The predicted octanol–water partition coefficient (Wildman–Crippen LogP) is 5.10. The molecule has 5 N–H and O–H groups in total. The van der Waals surface area contributed by atoms with Crippen molar-refractivity contribution < 1.29 is 56.0 Å². The fourth-order valence-corrected chi connectivity index (χ4v) is 4.17. The van der Waals surface area contributed by atoms with Gasteiger partial charge in [0.1, 0.15) is 0 Å². The van der Waals surface area contributed by atoms with Crippen LogP contribution in [0.15, 0.2) is 35.9 Å². The number of hydrogen-bond acceptors (Lipinski definition) is 5. The van der Waals surface area contributed by atoms with Crippen LogP contribution < -0.4 is 10.6 Å². The van der Waals surface area contributed by atoms with Crippen LogP contribution in [0.3, 0.4) is 0 Å².